The van der Waals surface area contributed by atoms with Crippen LogP contribution >= 0.6 is 0 Å². The Morgan fingerprint density at radius 1 is 1.32 bits per heavy atom. The lowest BCUT2D eigenvalue weighted by Gasteiger charge is -2.24. The Kier molecular flexibility index (Phi) is 5.08. The largest absolute Gasteiger partial charge is 0.464 e. The zero-order chi connectivity index (χ0) is 16.2. The fourth-order valence-electron chi connectivity index (χ4n) is 2.07. The zero-order valence-corrected chi connectivity index (χ0v) is 13.7. The molecule has 0 aliphatic rings. The average Bonchev–Trinajstić information content (AvgIpc) is 2.85. The summed E-state index contributed by atoms with van der Waals surface area (Å²) in [6, 6.07) is 7.95. The highest BCUT2D eigenvalue weighted by atomic mass is 16.6. The average molecular weight is 304 g/mol. The monoisotopic (exact) mass is 304 g/mol. The molecule has 0 saturated heterocycles. The van der Waals surface area contributed by atoms with Crippen LogP contribution in [-0.2, 0) is 11.3 Å². The molecule has 1 N–H and O–H groups in total. The third-order valence-corrected chi connectivity index (χ3v) is 3.21. The second kappa shape index (κ2) is 6.83. The van der Waals surface area contributed by atoms with E-state index in [1.165, 1.54) is 0 Å². The number of para-hydroxylation sites is 1. The van der Waals surface area contributed by atoms with Crippen molar-refractivity contribution in [1.82, 2.24) is 10.2 Å². The molecule has 0 spiro atoms. The van der Waals surface area contributed by atoms with Gasteiger partial charge in [0.05, 0.1) is 6.26 Å². The number of fused-ring (bicyclic) bond motifs is 1. The number of likely N-dealkylation sites (N-methyl/N-ethyl adjacent to an activating group) is 1. The number of hydrogen-bond acceptors (Lipinski definition) is 4. The summed E-state index contributed by atoms with van der Waals surface area (Å²) in [5, 5.41) is 4.44. The lowest BCUT2D eigenvalue weighted by atomic mass is 10.2. The molecular formula is C17H24N2O3. The fourth-order valence-corrected chi connectivity index (χ4v) is 2.07. The molecule has 22 heavy (non-hydrogen) atoms. The summed E-state index contributed by atoms with van der Waals surface area (Å²) in [7, 11) is 1.74. The second-order valence-corrected chi connectivity index (χ2v) is 6.34. The molecule has 0 unspecified atom stereocenters. The highest BCUT2D eigenvalue weighted by molar-refractivity contribution is 5.80. The van der Waals surface area contributed by atoms with Crippen LogP contribution in [0.2, 0.25) is 0 Å². The first kappa shape index (κ1) is 16.4. The topological polar surface area (TPSA) is 54.7 Å². The number of hydrogen-bond donors (Lipinski definition) is 1. The van der Waals surface area contributed by atoms with E-state index in [1.807, 2.05) is 45.0 Å². The predicted octanol–water partition coefficient (Wildman–Crippen LogP) is 3.39. The molecule has 0 bridgehead atoms. The van der Waals surface area contributed by atoms with Crippen molar-refractivity contribution in [2.75, 3.05) is 20.1 Å². The lowest BCUT2D eigenvalue weighted by molar-refractivity contribution is 0.0300. The molecule has 1 aromatic carbocycles. The van der Waals surface area contributed by atoms with Crippen LogP contribution in [0.4, 0.5) is 4.79 Å². The Hall–Kier alpha value is -2.01. The number of carbonyl (C=O) groups is 1. The van der Waals surface area contributed by atoms with E-state index in [-0.39, 0.29) is 6.09 Å². The van der Waals surface area contributed by atoms with Crippen molar-refractivity contribution in [2.45, 2.75) is 32.9 Å². The third-order valence-electron chi connectivity index (χ3n) is 3.21. The number of nitrogens with one attached hydrogen (secondary N) is 1. The van der Waals surface area contributed by atoms with Gasteiger partial charge in [-0.25, -0.2) is 4.79 Å². The summed E-state index contributed by atoms with van der Waals surface area (Å²) < 4.78 is 10.8. The van der Waals surface area contributed by atoms with Gasteiger partial charge in [0.2, 0.25) is 0 Å². The van der Waals surface area contributed by atoms with E-state index < -0.39 is 5.60 Å². The number of benzene rings is 1. The number of rotatable bonds is 5. The maximum Gasteiger partial charge on any atom is 0.410 e. The summed E-state index contributed by atoms with van der Waals surface area (Å²) in [4.78, 5) is 13.4. The number of furan rings is 1. The Labute approximate surface area is 131 Å². The lowest BCUT2D eigenvalue weighted by Crippen LogP contribution is -2.37. The smallest absolute Gasteiger partial charge is 0.410 e. The molecule has 1 amide bonds. The van der Waals surface area contributed by atoms with E-state index in [2.05, 4.69) is 5.32 Å². The number of nitrogens with zero attached hydrogens (tertiary/aromatic N) is 1. The van der Waals surface area contributed by atoms with Gasteiger partial charge in [-0.2, -0.15) is 0 Å². The first-order valence-electron chi connectivity index (χ1n) is 7.47. The second-order valence-electron chi connectivity index (χ2n) is 6.34. The van der Waals surface area contributed by atoms with Gasteiger partial charge in [0, 0.05) is 37.6 Å². The summed E-state index contributed by atoms with van der Waals surface area (Å²) in [6.07, 6.45) is 1.47. The van der Waals surface area contributed by atoms with Crippen molar-refractivity contribution in [3.8, 4) is 0 Å². The third kappa shape index (κ3) is 4.49. The molecule has 5 heteroatoms. The molecule has 0 aliphatic heterocycles. The van der Waals surface area contributed by atoms with Crippen LogP contribution in [-0.4, -0.2) is 36.7 Å². The molecule has 1 aromatic heterocycles. The standard InChI is InChI=1S/C17H24N2O3/c1-17(2,3)22-16(20)19(4)10-9-18-11-13-12-21-15-8-6-5-7-14(13)15/h5-8,12,18H,9-11H2,1-4H3. The van der Waals surface area contributed by atoms with E-state index in [0.717, 1.165) is 16.5 Å². The Balaban J connectivity index is 1.76. The molecule has 2 aromatic rings. The van der Waals surface area contributed by atoms with Crippen molar-refractivity contribution in [2.24, 2.45) is 0 Å². The van der Waals surface area contributed by atoms with Crippen molar-refractivity contribution >= 4 is 17.1 Å². The minimum Gasteiger partial charge on any atom is -0.464 e. The molecule has 0 fully saturated rings. The minimum atomic E-state index is -0.464. The summed E-state index contributed by atoms with van der Waals surface area (Å²) >= 11 is 0. The van der Waals surface area contributed by atoms with Gasteiger partial charge in [-0.1, -0.05) is 18.2 Å². The van der Waals surface area contributed by atoms with Crippen molar-refractivity contribution in [3.63, 3.8) is 0 Å². The Morgan fingerprint density at radius 2 is 2.05 bits per heavy atom. The molecule has 0 saturated carbocycles. The van der Waals surface area contributed by atoms with Gasteiger partial charge in [0.1, 0.15) is 11.2 Å². The predicted molar refractivity (Wildman–Crippen MR) is 86.8 cm³/mol. The molecule has 2 rings (SSSR count). The normalized spacial score (nSPS) is 11.6. The summed E-state index contributed by atoms with van der Waals surface area (Å²) in [6.45, 7) is 7.57. The van der Waals surface area contributed by atoms with Crippen LogP contribution in [0.1, 0.15) is 26.3 Å². The van der Waals surface area contributed by atoms with Gasteiger partial charge in [0.15, 0.2) is 0 Å². The Morgan fingerprint density at radius 3 is 2.77 bits per heavy atom. The van der Waals surface area contributed by atoms with Gasteiger partial charge >= 0.3 is 6.09 Å². The van der Waals surface area contributed by atoms with Crippen LogP contribution in [0, 0.1) is 0 Å². The summed E-state index contributed by atoms with van der Waals surface area (Å²) in [5.74, 6) is 0. The van der Waals surface area contributed by atoms with Crippen LogP contribution in [0.25, 0.3) is 11.0 Å². The minimum absolute atomic E-state index is 0.303. The van der Waals surface area contributed by atoms with Crippen LogP contribution in [0.5, 0.6) is 0 Å². The number of amides is 1. The van der Waals surface area contributed by atoms with Gasteiger partial charge in [-0.15, -0.1) is 0 Å². The van der Waals surface area contributed by atoms with Gasteiger partial charge < -0.3 is 19.4 Å². The van der Waals surface area contributed by atoms with E-state index in [1.54, 1.807) is 18.2 Å². The van der Waals surface area contributed by atoms with Gasteiger partial charge in [0.25, 0.3) is 0 Å². The fraction of sp³-hybridized carbons (Fsp3) is 0.471. The number of ether oxygens (including phenoxy) is 1. The van der Waals surface area contributed by atoms with Crippen molar-refractivity contribution < 1.29 is 13.9 Å². The van der Waals surface area contributed by atoms with E-state index in [4.69, 9.17) is 9.15 Å². The molecule has 0 atom stereocenters. The van der Waals surface area contributed by atoms with Gasteiger partial charge in [-0.05, 0) is 26.8 Å². The molecule has 5 nitrogen and oxygen atoms in total. The van der Waals surface area contributed by atoms with Crippen molar-refractivity contribution in [3.05, 3.63) is 36.1 Å². The van der Waals surface area contributed by atoms with Crippen LogP contribution in [0.15, 0.2) is 34.9 Å². The highest BCUT2D eigenvalue weighted by Crippen LogP contribution is 2.20. The zero-order valence-electron chi connectivity index (χ0n) is 13.7. The van der Waals surface area contributed by atoms with E-state index in [9.17, 15) is 4.79 Å². The number of carbonyl (C=O) groups excluding carboxylic acids is 1. The summed E-state index contributed by atoms with van der Waals surface area (Å²) in [5.41, 5.74) is 1.55. The molecular weight excluding hydrogens is 280 g/mol. The van der Waals surface area contributed by atoms with Crippen molar-refractivity contribution in [1.29, 1.82) is 0 Å². The molecule has 0 radical (unpaired) electrons. The molecule has 1 heterocycles. The first-order valence-corrected chi connectivity index (χ1v) is 7.47. The van der Waals surface area contributed by atoms with Crippen LogP contribution in [0.3, 0.4) is 0 Å². The van der Waals surface area contributed by atoms with E-state index in [0.29, 0.717) is 19.6 Å². The first-order chi connectivity index (χ1) is 10.4. The SMILES string of the molecule is CN(CCNCc1coc2ccccc12)C(=O)OC(C)(C)C. The maximum atomic E-state index is 11.8. The molecule has 0 aliphatic carbocycles. The van der Waals surface area contributed by atoms with E-state index >= 15 is 0 Å². The Bertz CT molecular complexity index is 628. The maximum absolute atomic E-state index is 11.8. The highest BCUT2D eigenvalue weighted by Gasteiger charge is 2.19. The molecule has 120 valence electrons. The van der Waals surface area contributed by atoms with Gasteiger partial charge in [-0.3, -0.25) is 0 Å². The quantitative estimate of drug-likeness (QED) is 0.860. The van der Waals surface area contributed by atoms with Crippen LogP contribution < -0.4 is 5.32 Å².